The lowest BCUT2D eigenvalue weighted by Gasteiger charge is -2.43. The Morgan fingerprint density at radius 3 is 2.65 bits per heavy atom. The predicted octanol–water partition coefficient (Wildman–Crippen LogP) is 3.80. The predicted molar refractivity (Wildman–Crippen MR) is 92.8 cm³/mol. The van der Waals surface area contributed by atoms with Crippen molar-refractivity contribution in [2.24, 2.45) is 11.3 Å². The van der Waals surface area contributed by atoms with Gasteiger partial charge in [-0.2, -0.15) is 5.26 Å². The van der Waals surface area contributed by atoms with Gasteiger partial charge in [0.25, 0.3) is 0 Å². The summed E-state index contributed by atoms with van der Waals surface area (Å²) in [6, 6.07) is 10.4. The summed E-state index contributed by atoms with van der Waals surface area (Å²) in [5.74, 6) is 0.505. The highest BCUT2D eigenvalue weighted by atomic mass is 16.1. The Kier molecular flexibility index (Phi) is 5.79. The summed E-state index contributed by atoms with van der Waals surface area (Å²) in [7, 11) is 0. The second-order valence-corrected chi connectivity index (χ2v) is 7.01. The number of hydrogen-bond acceptors (Lipinski definition) is 3. The lowest BCUT2D eigenvalue weighted by Crippen LogP contribution is -2.42. The molecule has 1 heterocycles. The van der Waals surface area contributed by atoms with Gasteiger partial charge >= 0.3 is 0 Å². The highest BCUT2D eigenvalue weighted by Gasteiger charge is 2.37. The average Bonchev–Trinajstić information content (AvgIpc) is 2.49. The zero-order valence-electron chi connectivity index (χ0n) is 14.4. The third kappa shape index (κ3) is 4.56. The molecule has 0 aromatic heterocycles. The second kappa shape index (κ2) is 7.61. The molecule has 2 rings (SSSR count). The fourth-order valence-corrected chi connectivity index (χ4v) is 3.48. The van der Waals surface area contributed by atoms with Crippen LogP contribution in [0.1, 0.15) is 45.6 Å². The number of anilines is 1. The number of likely N-dealkylation sites (tertiary alicyclic amines) is 1. The summed E-state index contributed by atoms with van der Waals surface area (Å²) in [6.07, 6.45) is 2.84. The van der Waals surface area contributed by atoms with Gasteiger partial charge in [0.1, 0.15) is 0 Å². The molecule has 1 aliphatic heterocycles. The number of benzene rings is 1. The highest BCUT2D eigenvalue weighted by molar-refractivity contribution is 5.88. The Morgan fingerprint density at radius 2 is 2.09 bits per heavy atom. The van der Waals surface area contributed by atoms with Gasteiger partial charge < -0.3 is 5.32 Å². The average molecular weight is 313 g/mol. The van der Waals surface area contributed by atoms with Crippen molar-refractivity contribution in [3.8, 4) is 6.07 Å². The quantitative estimate of drug-likeness (QED) is 0.899. The van der Waals surface area contributed by atoms with Crippen LogP contribution >= 0.6 is 0 Å². The Bertz CT molecular complexity index is 581. The first-order chi connectivity index (χ1) is 10.9. The number of carbonyl (C=O) groups excluding carboxylic acids is 1. The van der Waals surface area contributed by atoms with E-state index < -0.39 is 0 Å². The molecule has 0 atom stereocenters. The molecule has 1 aliphatic rings. The maximum absolute atomic E-state index is 11.2. The van der Waals surface area contributed by atoms with Crippen LogP contribution in [0.3, 0.4) is 0 Å². The van der Waals surface area contributed by atoms with Crippen molar-refractivity contribution in [1.29, 1.82) is 5.26 Å². The van der Waals surface area contributed by atoms with Crippen LogP contribution in [0.4, 0.5) is 5.69 Å². The Balaban J connectivity index is 1.96. The summed E-state index contributed by atoms with van der Waals surface area (Å²) >= 11 is 0. The topological polar surface area (TPSA) is 56.1 Å². The molecule has 0 radical (unpaired) electrons. The molecule has 0 saturated carbocycles. The second-order valence-electron chi connectivity index (χ2n) is 7.01. The molecular formula is C19H27N3O. The maximum atomic E-state index is 11.2. The van der Waals surface area contributed by atoms with E-state index in [0.29, 0.717) is 12.3 Å². The van der Waals surface area contributed by atoms with Crippen molar-refractivity contribution in [2.75, 3.05) is 18.4 Å². The molecule has 0 spiro atoms. The fourth-order valence-electron chi connectivity index (χ4n) is 3.48. The molecule has 4 heteroatoms. The van der Waals surface area contributed by atoms with Crippen LogP contribution in [-0.4, -0.2) is 23.9 Å². The van der Waals surface area contributed by atoms with Gasteiger partial charge in [0, 0.05) is 25.6 Å². The molecule has 1 saturated heterocycles. The molecule has 0 unspecified atom stereocenters. The van der Waals surface area contributed by atoms with E-state index in [1.165, 1.54) is 12.5 Å². The van der Waals surface area contributed by atoms with Crippen molar-refractivity contribution < 1.29 is 4.79 Å². The van der Waals surface area contributed by atoms with E-state index in [0.717, 1.165) is 38.2 Å². The molecule has 1 fully saturated rings. The van der Waals surface area contributed by atoms with Crippen molar-refractivity contribution in [3.05, 3.63) is 29.8 Å². The summed E-state index contributed by atoms with van der Waals surface area (Å²) in [4.78, 5) is 13.6. The first-order valence-corrected chi connectivity index (χ1v) is 8.41. The molecule has 1 aromatic rings. The summed E-state index contributed by atoms with van der Waals surface area (Å²) in [6.45, 7) is 8.97. The highest BCUT2D eigenvalue weighted by Crippen LogP contribution is 2.41. The number of rotatable bonds is 5. The van der Waals surface area contributed by atoms with E-state index in [1.54, 1.807) is 0 Å². The molecule has 4 nitrogen and oxygen atoms in total. The van der Waals surface area contributed by atoms with E-state index in [-0.39, 0.29) is 11.3 Å². The van der Waals surface area contributed by atoms with Crippen molar-refractivity contribution in [1.82, 2.24) is 4.90 Å². The molecule has 23 heavy (non-hydrogen) atoms. The normalized spacial score (nSPS) is 17.7. The van der Waals surface area contributed by atoms with Gasteiger partial charge in [0.15, 0.2) is 0 Å². The molecule has 1 aromatic carbocycles. The number of nitrogens with one attached hydrogen (secondary N) is 1. The maximum Gasteiger partial charge on any atom is 0.221 e. The number of nitrogens with zero attached hydrogens (tertiary/aromatic N) is 2. The van der Waals surface area contributed by atoms with Crippen LogP contribution < -0.4 is 5.32 Å². The fraction of sp³-hybridized carbons (Fsp3) is 0.579. The molecule has 0 aliphatic carbocycles. The van der Waals surface area contributed by atoms with Gasteiger partial charge in [-0.3, -0.25) is 9.69 Å². The van der Waals surface area contributed by atoms with Crippen LogP contribution in [0.25, 0.3) is 0 Å². The van der Waals surface area contributed by atoms with Gasteiger partial charge in [0.05, 0.1) is 6.07 Å². The molecular weight excluding hydrogens is 286 g/mol. The van der Waals surface area contributed by atoms with Crippen LogP contribution in [0, 0.1) is 22.7 Å². The van der Waals surface area contributed by atoms with Crippen LogP contribution in [0.2, 0.25) is 0 Å². The first kappa shape index (κ1) is 17.5. The Hall–Kier alpha value is -1.86. The lowest BCUT2D eigenvalue weighted by molar-refractivity contribution is -0.114. The number of piperidine rings is 1. The monoisotopic (exact) mass is 313 g/mol. The summed E-state index contributed by atoms with van der Waals surface area (Å²) in [5, 5.41) is 12.0. The van der Waals surface area contributed by atoms with Crippen molar-refractivity contribution in [3.63, 3.8) is 0 Å². The van der Waals surface area contributed by atoms with E-state index >= 15 is 0 Å². The van der Waals surface area contributed by atoms with Gasteiger partial charge in [-0.1, -0.05) is 26.0 Å². The van der Waals surface area contributed by atoms with Crippen LogP contribution in [0.15, 0.2) is 24.3 Å². The minimum absolute atomic E-state index is 0.0432. The SMILES string of the molecule is CC(=O)Nc1cccc(CN2CCC(CC#N)(C(C)C)CC2)c1. The van der Waals surface area contributed by atoms with Crippen LogP contribution in [0.5, 0.6) is 0 Å². The largest absolute Gasteiger partial charge is 0.326 e. The summed E-state index contributed by atoms with van der Waals surface area (Å²) < 4.78 is 0. The number of hydrogen-bond donors (Lipinski definition) is 1. The van der Waals surface area contributed by atoms with Crippen LogP contribution in [-0.2, 0) is 11.3 Å². The number of nitriles is 1. The lowest BCUT2D eigenvalue weighted by atomic mass is 9.68. The van der Waals surface area contributed by atoms with E-state index in [9.17, 15) is 4.79 Å². The van der Waals surface area contributed by atoms with Gasteiger partial charge in [-0.25, -0.2) is 0 Å². The minimum Gasteiger partial charge on any atom is -0.326 e. The molecule has 124 valence electrons. The van der Waals surface area contributed by atoms with E-state index in [2.05, 4.69) is 36.2 Å². The third-order valence-corrected chi connectivity index (χ3v) is 5.16. The smallest absolute Gasteiger partial charge is 0.221 e. The summed E-state index contributed by atoms with van der Waals surface area (Å²) in [5.41, 5.74) is 2.25. The van der Waals surface area contributed by atoms with E-state index in [4.69, 9.17) is 5.26 Å². The number of amides is 1. The Labute approximate surface area is 139 Å². The van der Waals surface area contributed by atoms with Gasteiger partial charge in [0.2, 0.25) is 5.91 Å². The van der Waals surface area contributed by atoms with Gasteiger partial charge in [-0.05, 0) is 55.0 Å². The Morgan fingerprint density at radius 1 is 1.39 bits per heavy atom. The van der Waals surface area contributed by atoms with Crippen molar-refractivity contribution in [2.45, 2.75) is 46.6 Å². The van der Waals surface area contributed by atoms with E-state index in [1.807, 2.05) is 18.2 Å². The van der Waals surface area contributed by atoms with Crippen molar-refractivity contribution >= 4 is 11.6 Å². The molecule has 0 bridgehead atoms. The minimum atomic E-state index is -0.0432. The van der Waals surface area contributed by atoms with Gasteiger partial charge in [-0.15, -0.1) is 0 Å². The standard InChI is InChI=1S/C19H27N3O/c1-15(2)19(7-10-20)8-11-22(12-9-19)14-17-5-4-6-18(13-17)21-16(3)23/h4-6,13,15H,7-9,11-12,14H2,1-3H3,(H,21,23). The third-order valence-electron chi connectivity index (χ3n) is 5.16. The zero-order chi connectivity index (χ0) is 16.9. The molecule has 1 N–H and O–H groups in total. The molecule has 1 amide bonds. The number of carbonyl (C=O) groups is 1. The first-order valence-electron chi connectivity index (χ1n) is 8.41. The zero-order valence-corrected chi connectivity index (χ0v) is 14.4.